The molecule has 1 saturated heterocycles. The quantitative estimate of drug-likeness (QED) is 0.880. The van der Waals surface area contributed by atoms with Gasteiger partial charge in [0.15, 0.2) is 0 Å². The van der Waals surface area contributed by atoms with Crippen molar-refractivity contribution in [3.63, 3.8) is 0 Å². The summed E-state index contributed by atoms with van der Waals surface area (Å²) < 4.78 is 5.37. The third-order valence-electron chi connectivity index (χ3n) is 3.58. The Morgan fingerprint density at radius 3 is 2.95 bits per heavy atom. The summed E-state index contributed by atoms with van der Waals surface area (Å²) in [6, 6.07) is 4.07. The van der Waals surface area contributed by atoms with E-state index in [1.165, 1.54) is 0 Å². The Labute approximate surface area is 114 Å². The van der Waals surface area contributed by atoms with E-state index in [0.717, 1.165) is 18.7 Å². The summed E-state index contributed by atoms with van der Waals surface area (Å²) in [5.41, 5.74) is 1.10. The molecule has 1 aromatic heterocycles. The molecule has 1 aliphatic heterocycles. The SMILES string of the molecule is C[C@@H](c1ccncc1)N(C)C(=O)C[C@H]1COCCN1. The molecule has 1 amide bonds. The van der Waals surface area contributed by atoms with Crippen molar-refractivity contribution < 1.29 is 9.53 Å². The molecule has 1 fully saturated rings. The second-order valence-electron chi connectivity index (χ2n) is 4.89. The summed E-state index contributed by atoms with van der Waals surface area (Å²) in [6.45, 7) is 4.19. The molecule has 0 spiro atoms. The van der Waals surface area contributed by atoms with Gasteiger partial charge in [-0.25, -0.2) is 0 Å². The molecule has 0 saturated carbocycles. The maximum atomic E-state index is 12.2. The van der Waals surface area contributed by atoms with Crippen LogP contribution < -0.4 is 5.32 Å². The first-order chi connectivity index (χ1) is 9.18. The lowest BCUT2D eigenvalue weighted by atomic mass is 10.1. The number of carbonyl (C=O) groups is 1. The van der Waals surface area contributed by atoms with Gasteiger partial charge in [0.2, 0.25) is 5.91 Å². The number of pyridine rings is 1. The average molecular weight is 263 g/mol. The minimum Gasteiger partial charge on any atom is -0.378 e. The minimum atomic E-state index is 0.0556. The van der Waals surface area contributed by atoms with Crippen LogP contribution in [-0.2, 0) is 9.53 Å². The molecule has 2 atom stereocenters. The van der Waals surface area contributed by atoms with Crippen LogP contribution in [0.3, 0.4) is 0 Å². The van der Waals surface area contributed by atoms with E-state index >= 15 is 0 Å². The number of ether oxygens (including phenoxy) is 1. The number of nitrogens with zero attached hydrogens (tertiary/aromatic N) is 2. The molecule has 2 heterocycles. The number of hydrogen-bond donors (Lipinski definition) is 1. The van der Waals surface area contributed by atoms with Gasteiger partial charge in [0.25, 0.3) is 0 Å². The molecule has 0 bridgehead atoms. The van der Waals surface area contributed by atoms with Crippen molar-refractivity contribution in [2.24, 2.45) is 0 Å². The van der Waals surface area contributed by atoms with E-state index in [2.05, 4.69) is 10.3 Å². The molecule has 19 heavy (non-hydrogen) atoms. The highest BCUT2D eigenvalue weighted by Gasteiger charge is 2.22. The van der Waals surface area contributed by atoms with Crippen LogP contribution in [0.15, 0.2) is 24.5 Å². The first kappa shape index (κ1) is 14.0. The number of nitrogens with one attached hydrogen (secondary N) is 1. The molecule has 5 nitrogen and oxygen atoms in total. The number of amides is 1. The lowest BCUT2D eigenvalue weighted by molar-refractivity contribution is -0.133. The first-order valence-electron chi connectivity index (χ1n) is 6.65. The normalized spacial score (nSPS) is 20.8. The van der Waals surface area contributed by atoms with Gasteiger partial charge in [-0.3, -0.25) is 9.78 Å². The van der Waals surface area contributed by atoms with Crippen molar-refractivity contribution in [1.82, 2.24) is 15.2 Å². The fraction of sp³-hybridized carbons (Fsp3) is 0.571. The van der Waals surface area contributed by atoms with Gasteiger partial charge in [0.1, 0.15) is 0 Å². The predicted octanol–water partition coefficient (Wildman–Crippen LogP) is 0.979. The first-order valence-corrected chi connectivity index (χ1v) is 6.65. The van der Waals surface area contributed by atoms with Crippen molar-refractivity contribution in [3.8, 4) is 0 Å². The zero-order valence-electron chi connectivity index (χ0n) is 11.5. The molecule has 0 unspecified atom stereocenters. The van der Waals surface area contributed by atoms with Crippen molar-refractivity contribution in [2.75, 3.05) is 26.8 Å². The minimum absolute atomic E-state index is 0.0556. The van der Waals surface area contributed by atoms with Crippen LogP contribution >= 0.6 is 0 Å². The largest absolute Gasteiger partial charge is 0.378 e. The highest BCUT2D eigenvalue weighted by Crippen LogP contribution is 2.18. The van der Waals surface area contributed by atoms with Gasteiger partial charge in [-0.1, -0.05) is 0 Å². The Balaban J connectivity index is 1.91. The van der Waals surface area contributed by atoms with E-state index < -0.39 is 0 Å². The summed E-state index contributed by atoms with van der Waals surface area (Å²) in [6.07, 6.45) is 3.98. The zero-order valence-corrected chi connectivity index (χ0v) is 11.5. The highest BCUT2D eigenvalue weighted by atomic mass is 16.5. The average Bonchev–Trinajstić information content (AvgIpc) is 2.47. The summed E-state index contributed by atoms with van der Waals surface area (Å²) in [5.74, 6) is 0.132. The van der Waals surface area contributed by atoms with Gasteiger partial charge in [0, 0.05) is 38.4 Å². The molecule has 104 valence electrons. The van der Waals surface area contributed by atoms with Gasteiger partial charge >= 0.3 is 0 Å². The molecule has 2 rings (SSSR count). The van der Waals surface area contributed by atoms with Crippen molar-refractivity contribution in [2.45, 2.75) is 25.4 Å². The summed E-state index contributed by atoms with van der Waals surface area (Å²) in [5, 5.41) is 3.30. The fourth-order valence-corrected chi connectivity index (χ4v) is 2.19. The number of aromatic nitrogens is 1. The standard InChI is InChI=1S/C14H21N3O2/c1-11(12-3-5-15-6-4-12)17(2)14(18)9-13-10-19-8-7-16-13/h3-6,11,13,16H,7-10H2,1-2H3/t11-,13-/m0/s1. The Hall–Kier alpha value is -1.46. The van der Waals surface area contributed by atoms with Crippen LogP contribution in [0.1, 0.15) is 24.9 Å². The van der Waals surface area contributed by atoms with E-state index in [1.54, 1.807) is 17.3 Å². The predicted molar refractivity (Wildman–Crippen MR) is 72.6 cm³/mol. The third-order valence-corrected chi connectivity index (χ3v) is 3.58. The van der Waals surface area contributed by atoms with Crippen molar-refractivity contribution >= 4 is 5.91 Å². The molecule has 1 N–H and O–H groups in total. The van der Waals surface area contributed by atoms with Gasteiger partial charge in [-0.05, 0) is 24.6 Å². The van der Waals surface area contributed by atoms with E-state index in [1.807, 2.05) is 26.1 Å². The number of morpholine rings is 1. The molecule has 0 aliphatic carbocycles. The van der Waals surface area contributed by atoms with Crippen molar-refractivity contribution in [1.29, 1.82) is 0 Å². The monoisotopic (exact) mass is 263 g/mol. The second kappa shape index (κ2) is 6.63. The number of hydrogen-bond acceptors (Lipinski definition) is 4. The maximum Gasteiger partial charge on any atom is 0.224 e. The topological polar surface area (TPSA) is 54.5 Å². The van der Waals surface area contributed by atoms with E-state index in [9.17, 15) is 4.79 Å². The summed E-state index contributed by atoms with van der Waals surface area (Å²) in [7, 11) is 1.84. The number of rotatable bonds is 4. The molecule has 1 aromatic rings. The molecule has 1 aliphatic rings. The Morgan fingerprint density at radius 2 is 2.32 bits per heavy atom. The van der Waals surface area contributed by atoms with Crippen LogP contribution in [0.2, 0.25) is 0 Å². The van der Waals surface area contributed by atoms with E-state index in [4.69, 9.17) is 4.74 Å². The van der Waals surface area contributed by atoms with Gasteiger partial charge in [-0.15, -0.1) is 0 Å². The van der Waals surface area contributed by atoms with Gasteiger partial charge in [0.05, 0.1) is 19.3 Å². The zero-order chi connectivity index (χ0) is 13.7. The summed E-state index contributed by atoms with van der Waals surface area (Å²) >= 11 is 0. The fourth-order valence-electron chi connectivity index (χ4n) is 2.19. The van der Waals surface area contributed by atoms with E-state index in [0.29, 0.717) is 13.0 Å². The van der Waals surface area contributed by atoms with Gasteiger partial charge in [-0.2, -0.15) is 0 Å². The van der Waals surface area contributed by atoms with E-state index in [-0.39, 0.29) is 18.0 Å². The molecular weight excluding hydrogens is 242 g/mol. The smallest absolute Gasteiger partial charge is 0.224 e. The maximum absolute atomic E-state index is 12.2. The van der Waals surface area contributed by atoms with Crippen molar-refractivity contribution in [3.05, 3.63) is 30.1 Å². The Kier molecular flexibility index (Phi) is 4.87. The molecule has 5 heteroatoms. The van der Waals surface area contributed by atoms with Crippen LogP contribution in [-0.4, -0.2) is 48.6 Å². The molecular formula is C14H21N3O2. The molecule has 0 aromatic carbocycles. The van der Waals surface area contributed by atoms with Crippen LogP contribution in [0.25, 0.3) is 0 Å². The lowest BCUT2D eigenvalue weighted by Gasteiger charge is -2.29. The Bertz CT molecular complexity index is 404. The van der Waals surface area contributed by atoms with Crippen LogP contribution in [0.5, 0.6) is 0 Å². The third kappa shape index (κ3) is 3.75. The number of carbonyl (C=O) groups excluding carboxylic acids is 1. The lowest BCUT2D eigenvalue weighted by Crippen LogP contribution is -2.44. The van der Waals surface area contributed by atoms with Gasteiger partial charge < -0.3 is 15.0 Å². The Morgan fingerprint density at radius 1 is 1.58 bits per heavy atom. The second-order valence-corrected chi connectivity index (χ2v) is 4.89. The summed E-state index contributed by atoms with van der Waals surface area (Å²) in [4.78, 5) is 18.0. The van der Waals surface area contributed by atoms with Crippen LogP contribution in [0.4, 0.5) is 0 Å². The highest BCUT2D eigenvalue weighted by molar-refractivity contribution is 5.77. The molecule has 0 radical (unpaired) electrons. The van der Waals surface area contributed by atoms with Crippen LogP contribution in [0, 0.1) is 0 Å².